The van der Waals surface area contributed by atoms with Crippen molar-refractivity contribution >= 4 is 0 Å². The van der Waals surface area contributed by atoms with E-state index in [2.05, 4.69) is 0 Å². The molecule has 1 fully saturated rings. The molecule has 0 heterocycles. The van der Waals surface area contributed by atoms with Gasteiger partial charge in [0.25, 0.3) is 0 Å². The minimum absolute atomic E-state index is 0.0282. The highest BCUT2D eigenvalue weighted by molar-refractivity contribution is 5.32. The average Bonchev–Trinajstić information content (AvgIpc) is 2.45. The molecule has 0 amide bonds. The standard InChI is InChI=1S/C17H20F4/c1-11-5-10-14(18)17(21)16(11)13-8-6-12(7-9-13)3-2-4-15(19)20/h2-3,5,10,12-13,15H,4,6-9H2,1H3. The van der Waals surface area contributed by atoms with Crippen LogP contribution in [0.2, 0.25) is 0 Å². The molecule has 1 aliphatic rings. The van der Waals surface area contributed by atoms with Gasteiger partial charge < -0.3 is 0 Å². The largest absolute Gasteiger partial charge is 0.242 e. The number of halogens is 4. The number of benzene rings is 1. The summed E-state index contributed by atoms with van der Waals surface area (Å²) in [6, 6.07) is 2.77. The van der Waals surface area contributed by atoms with E-state index in [9.17, 15) is 17.6 Å². The molecule has 2 rings (SSSR count). The van der Waals surface area contributed by atoms with Gasteiger partial charge in [0, 0.05) is 6.42 Å². The van der Waals surface area contributed by atoms with Crippen LogP contribution in [0.4, 0.5) is 17.6 Å². The second-order valence-corrected chi connectivity index (χ2v) is 5.76. The monoisotopic (exact) mass is 300 g/mol. The minimum atomic E-state index is -2.30. The van der Waals surface area contributed by atoms with Gasteiger partial charge in [0.05, 0.1) is 0 Å². The number of aryl methyl sites for hydroxylation is 1. The Morgan fingerprint density at radius 3 is 2.43 bits per heavy atom. The molecule has 0 nitrogen and oxygen atoms in total. The zero-order valence-electron chi connectivity index (χ0n) is 12.1. The van der Waals surface area contributed by atoms with Crippen molar-refractivity contribution in [1.29, 1.82) is 0 Å². The van der Waals surface area contributed by atoms with Crippen LogP contribution in [0.1, 0.15) is 49.1 Å². The van der Waals surface area contributed by atoms with E-state index in [1.54, 1.807) is 13.0 Å². The third kappa shape index (κ3) is 4.08. The molecule has 0 saturated heterocycles. The Balaban J connectivity index is 1.98. The molecule has 116 valence electrons. The van der Waals surface area contributed by atoms with E-state index in [0.717, 1.165) is 37.3 Å². The van der Waals surface area contributed by atoms with E-state index in [0.29, 0.717) is 5.56 Å². The fourth-order valence-electron chi connectivity index (χ4n) is 3.14. The van der Waals surface area contributed by atoms with Gasteiger partial charge in [-0.25, -0.2) is 17.6 Å². The van der Waals surface area contributed by atoms with E-state index >= 15 is 0 Å². The molecule has 0 atom stereocenters. The molecule has 1 saturated carbocycles. The highest BCUT2D eigenvalue weighted by Gasteiger charge is 2.25. The van der Waals surface area contributed by atoms with Crippen LogP contribution >= 0.6 is 0 Å². The van der Waals surface area contributed by atoms with Gasteiger partial charge in [-0.2, -0.15) is 0 Å². The van der Waals surface area contributed by atoms with Crippen molar-refractivity contribution in [3.63, 3.8) is 0 Å². The van der Waals surface area contributed by atoms with Gasteiger partial charge in [-0.1, -0.05) is 18.2 Å². The van der Waals surface area contributed by atoms with Gasteiger partial charge >= 0.3 is 0 Å². The molecule has 0 spiro atoms. The first-order chi connectivity index (χ1) is 9.99. The Labute approximate surface area is 122 Å². The van der Waals surface area contributed by atoms with E-state index in [1.807, 2.05) is 6.08 Å². The fourth-order valence-corrected chi connectivity index (χ4v) is 3.14. The summed E-state index contributed by atoms with van der Waals surface area (Å²) < 4.78 is 51.5. The number of hydrogen-bond donors (Lipinski definition) is 0. The van der Waals surface area contributed by atoms with Crippen molar-refractivity contribution in [2.45, 2.75) is 51.4 Å². The van der Waals surface area contributed by atoms with Crippen molar-refractivity contribution in [2.75, 3.05) is 0 Å². The molecular formula is C17H20F4. The van der Waals surface area contributed by atoms with Crippen LogP contribution in [0.25, 0.3) is 0 Å². The fraction of sp³-hybridized carbons (Fsp3) is 0.529. The summed E-state index contributed by atoms with van der Waals surface area (Å²) in [7, 11) is 0. The SMILES string of the molecule is Cc1ccc(F)c(F)c1C1CCC(C=CCC(F)F)CC1. The van der Waals surface area contributed by atoms with E-state index in [1.165, 1.54) is 6.08 Å². The van der Waals surface area contributed by atoms with E-state index < -0.39 is 18.1 Å². The smallest absolute Gasteiger partial charge is 0.210 e. The lowest BCUT2D eigenvalue weighted by atomic mass is 9.77. The third-order valence-corrected chi connectivity index (χ3v) is 4.25. The lowest BCUT2D eigenvalue weighted by Gasteiger charge is -2.28. The van der Waals surface area contributed by atoms with Gasteiger partial charge in [-0.05, 0) is 61.6 Å². The Hall–Kier alpha value is -1.32. The molecule has 1 aromatic rings. The van der Waals surface area contributed by atoms with Crippen molar-refractivity contribution in [2.24, 2.45) is 5.92 Å². The second kappa shape index (κ2) is 7.10. The summed E-state index contributed by atoms with van der Waals surface area (Å²) in [6.07, 6.45) is 4.06. The number of rotatable bonds is 4. The third-order valence-electron chi connectivity index (χ3n) is 4.25. The van der Waals surface area contributed by atoms with E-state index in [4.69, 9.17) is 0 Å². The number of alkyl halides is 2. The summed E-state index contributed by atoms with van der Waals surface area (Å²) in [4.78, 5) is 0. The minimum Gasteiger partial charge on any atom is -0.210 e. The molecule has 1 aromatic carbocycles. The quantitative estimate of drug-likeness (QED) is 0.490. The first kappa shape index (κ1) is 16.1. The first-order valence-electron chi connectivity index (χ1n) is 7.38. The van der Waals surface area contributed by atoms with Gasteiger partial charge in [-0.3, -0.25) is 0 Å². The maximum Gasteiger partial charge on any atom is 0.242 e. The van der Waals surface area contributed by atoms with Crippen molar-refractivity contribution in [3.05, 3.63) is 47.0 Å². The molecule has 0 N–H and O–H groups in total. The van der Waals surface area contributed by atoms with Crippen LogP contribution in [0.15, 0.2) is 24.3 Å². The maximum atomic E-state index is 14.0. The van der Waals surface area contributed by atoms with Crippen LogP contribution in [-0.2, 0) is 0 Å². The molecule has 0 radical (unpaired) electrons. The Morgan fingerprint density at radius 1 is 1.14 bits per heavy atom. The molecule has 4 heteroatoms. The summed E-state index contributed by atoms with van der Waals surface area (Å²) >= 11 is 0. The van der Waals surface area contributed by atoms with Crippen LogP contribution < -0.4 is 0 Å². The topological polar surface area (TPSA) is 0 Å². The van der Waals surface area contributed by atoms with Gasteiger partial charge in [-0.15, -0.1) is 0 Å². The zero-order valence-corrected chi connectivity index (χ0v) is 12.1. The predicted octanol–water partition coefficient (Wildman–Crippen LogP) is 5.76. The van der Waals surface area contributed by atoms with Crippen LogP contribution in [0, 0.1) is 24.5 Å². The lowest BCUT2D eigenvalue weighted by molar-refractivity contribution is 0.152. The molecule has 1 aliphatic carbocycles. The average molecular weight is 300 g/mol. The second-order valence-electron chi connectivity index (χ2n) is 5.76. The molecule has 0 bridgehead atoms. The zero-order chi connectivity index (χ0) is 15.4. The van der Waals surface area contributed by atoms with Crippen molar-refractivity contribution in [3.8, 4) is 0 Å². The summed E-state index contributed by atoms with van der Waals surface area (Å²) in [6.45, 7) is 1.80. The van der Waals surface area contributed by atoms with Gasteiger partial charge in [0.2, 0.25) is 6.43 Å². The Morgan fingerprint density at radius 2 is 1.81 bits per heavy atom. The van der Waals surface area contributed by atoms with Crippen LogP contribution in [0.3, 0.4) is 0 Å². The van der Waals surface area contributed by atoms with Crippen LogP contribution in [0.5, 0.6) is 0 Å². The van der Waals surface area contributed by atoms with Gasteiger partial charge in [0.15, 0.2) is 11.6 Å². The van der Waals surface area contributed by atoms with Crippen molar-refractivity contribution in [1.82, 2.24) is 0 Å². The molecule has 0 aromatic heterocycles. The number of hydrogen-bond acceptors (Lipinski definition) is 0. The Kier molecular flexibility index (Phi) is 5.43. The highest BCUT2D eigenvalue weighted by Crippen LogP contribution is 2.39. The summed E-state index contributed by atoms with van der Waals surface area (Å²) in [5.41, 5.74) is 1.27. The van der Waals surface area contributed by atoms with Crippen LogP contribution in [-0.4, -0.2) is 6.43 Å². The Bertz CT molecular complexity index is 500. The normalized spacial score (nSPS) is 23.1. The maximum absolute atomic E-state index is 14.0. The highest BCUT2D eigenvalue weighted by atomic mass is 19.3. The summed E-state index contributed by atoms with van der Waals surface area (Å²) in [5, 5.41) is 0. The first-order valence-corrected chi connectivity index (χ1v) is 7.38. The molecular weight excluding hydrogens is 280 g/mol. The van der Waals surface area contributed by atoms with E-state index in [-0.39, 0.29) is 18.3 Å². The molecule has 21 heavy (non-hydrogen) atoms. The van der Waals surface area contributed by atoms with Crippen molar-refractivity contribution < 1.29 is 17.6 Å². The van der Waals surface area contributed by atoms with Gasteiger partial charge in [0.1, 0.15) is 0 Å². The summed E-state index contributed by atoms with van der Waals surface area (Å²) in [5.74, 6) is -1.22. The predicted molar refractivity (Wildman–Crippen MR) is 75.6 cm³/mol. The molecule has 0 aliphatic heterocycles. The lowest BCUT2D eigenvalue weighted by Crippen LogP contribution is -2.14. The molecule has 0 unspecified atom stereocenters. The number of allylic oxidation sites excluding steroid dienone is 2.